The van der Waals surface area contributed by atoms with E-state index in [0.717, 1.165) is 135 Å². The predicted molar refractivity (Wildman–Crippen MR) is 288 cm³/mol. The van der Waals surface area contributed by atoms with Crippen LogP contribution in [0.4, 0.5) is 0 Å². The van der Waals surface area contributed by atoms with E-state index in [2.05, 4.69) is 42.1 Å². The van der Waals surface area contributed by atoms with Crippen LogP contribution >= 0.6 is 0 Å². The smallest absolute Gasteiger partial charge is 0.305 e. The number of nitrogens with zero attached hydrogens (tertiary/aromatic N) is 2. The molecule has 1 atom stereocenters. The van der Waals surface area contributed by atoms with Crippen molar-refractivity contribution in [3.63, 3.8) is 0 Å². The van der Waals surface area contributed by atoms with E-state index >= 15 is 0 Å². The highest BCUT2D eigenvalue weighted by Crippen LogP contribution is 2.24. The lowest BCUT2D eigenvalue weighted by molar-refractivity contribution is -0.149. The summed E-state index contributed by atoms with van der Waals surface area (Å²) in [6, 6.07) is 0.599. The van der Waals surface area contributed by atoms with E-state index in [4.69, 9.17) is 9.47 Å². The third-order valence-corrected chi connectivity index (χ3v) is 14.5. The summed E-state index contributed by atoms with van der Waals surface area (Å²) in [7, 11) is 0. The average molecular weight is 959 g/mol. The molecule has 0 heterocycles. The summed E-state index contributed by atoms with van der Waals surface area (Å²) in [6.07, 6.45) is 46.1. The van der Waals surface area contributed by atoms with Crippen LogP contribution in [-0.4, -0.2) is 97.9 Å². The van der Waals surface area contributed by atoms with Gasteiger partial charge in [-0.25, -0.2) is 0 Å². The highest BCUT2D eigenvalue weighted by Gasteiger charge is 2.22. The molecule has 9 heteroatoms. The van der Waals surface area contributed by atoms with Gasteiger partial charge in [-0.15, -0.1) is 13.2 Å². The number of aliphatic hydroxyl groups is 1. The molecule has 1 fully saturated rings. The first kappa shape index (κ1) is 63.8. The molecule has 1 rings (SSSR count). The molecule has 0 aromatic heterocycles. The fourth-order valence-electron chi connectivity index (χ4n) is 9.94. The number of esters is 2. The van der Waals surface area contributed by atoms with Crippen molar-refractivity contribution in [3.8, 4) is 0 Å². The Morgan fingerprint density at radius 3 is 1.59 bits per heavy atom. The average Bonchev–Trinajstić information content (AvgIpc) is 3.35. The second-order valence-electron chi connectivity index (χ2n) is 20.7. The molecule has 0 bridgehead atoms. The maximum atomic E-state index is 12.9. The first-order valence-electron chi connectivity index (χ1n) is 29.2. The highest BCUT2D eigenvalue weighted by molar-refractivity contribution is 5.75. The Bertz CT molecular complexity index is 1140. The summed E-state index contributed by atoms with van der Waals surface area (Å²) >= 11 is 0. The minimum absolute atomic E-state index is 0.00194. The predicted octanol–water partition coefficient (Wildman–Crippen LogP) is 14.6. The summed E-state index contributed by atoms with van der Waals surface area (Å²) in [5.74, 6) is 0.537. The fraction of sp³-hybridized carbons (Fsp3) is 0.881. The molecule has 1 amide bonds. The molecular formula is C59H111N3O6. The van der Waals surface area contributed by atoms with E-state index in [1.165, 1.54) is 122 Å². The van der Waals surface area contributed by atoms with Gasteiger partial charge in [0.25, 0.3) is 0 Å². The Morgan fingerprint density at radius 2 is 1.01 bits per heavy atom. The SMILES string of the molecule is C=CCCCCCCCC(=O)OCC(CCCCN(CCN(CCO)CCCCCC(=O)NCC(CCCCCC)CCCCCCCC)C1CCCCC1)COC(=O)CCCCCCCC=C. The number of nitrogens with one attached hydrogen (secondary N) is 1. The molecular weight excluding hydrogens is 847 g/mol. The third kappa shape index (κ3) is 39.5. The normalized spacial score (nSPS) is 13.6. The molecule has 398 valence electrons. The summed E-state index contributed by atoms with van der Waals surface area (Å²) in [4.78, 5) is 43.5. The molecule has 0 radical (unpaired) electrons. The van der Waals surface area contributed by atoms with Crippen molar-refractivity contribution >= 4 is 17.8 Å². The molecule has 0 aromatic rings. The van der Waals surface area contributed by atoms with Crippen molar-refractivity contribution in [2.75, 3.05) is 59.1 Å². The molecule has 0 aromatic carbocycles. The van der Waals surface area contributed by atoms with Crippen LogP contribution in [0.3, 0.4) is 0 Å². The van der Waals surface area contributed by atoms with Crippen molar-refractivity contribution in [2.24, 2.45) is 11.8 Å². The van der Waals surface area contributed by atoms with E-state index < -0.39 is 0 Å². The zero-order valence-corrected chi connectivity index (χ0v) is 44.9. The monoisotopic (exact) mass is 958 g/mol. The van der Waals surface area contributed by atoms with Crippen LogP contribution in [0.5, 0.6) is 0 Å². The fourth-order valence-corrected chi connectivity index (χ4v) is 9.94. The van der Waals surface area contributed by atoms with Crippen LogP contribution in [0.2, 0.25) is 0 Å². The second kappa shape index (κ2) is 48.4. The summed E-state index contributed by atoms with van der Waals surface area (Å²) in [5, 5.41) is 13.3. The molecule has 2 N–H and O–H groups in total. The quantitative estimate of drug-likeness (QED) is 0.0353. The molecule has 1 aliphatic rings. The van der Waals surface area contributed by atoms with Gasteiger partial charge in [0.2, 0.25) is 5.91 Å². The Kier molecular flexibility index (Phi) is 45.4. The molecule has 0 aliphatic heterocycles. The Labute approximate surface area is 420 Å². The van der Waals surface area contributed by atoms with E-state index in [1.807, 2.05) is 12.2 Å². The first-order valence-corrected chi connectivity index (χ1v) is 29.2. The molecule has 68 heavy (non-hydrogen) atoms. The number of carbonyl (C=O) groups is 3. The van der Waals surface area contributed by atoms with Crippen molar-refractivity contribution in [3.05, 3.63) is 25.3 Å². The van der Waals surface area contributed by atoms with Gasteiger partial charge in [0.1, 0.15) is 0 Å². The van der Waals surface area contributed by atoms with Crippen LogP contribution in [0.1, 0.15) is 258 Å². The number of rotatable bonds is 51. The maximum Gasteiger partial charge on any atom is 0.305 e. The number of aliphatic hydroxyl groups excluding tert-OH is 1. The largest absolute Gasteiger partial charge is 0.465 e. The lowest BCUT2D eigenvalue weighted by Crippen LogP contribution is -2.43. The van der Waals surface area contributed by atoms with Crippen LogP contribution < -0.4 is 5.32 Å². The Hall–Kier alpha value is -2.23. The van der Waals surface area contributed by atoms with Gasteiger partial charge in [-0.3, -0.25) is 24.2 Å². The lowest BCUT2D eigenvalue weighted by atomic mass is 9.93. The minimum atomic E-state index is -0.142. The molecule has 1 unspecified atom stereocenters. The molecule has 1 saturated carbocycles. The van der Waals surface area contributed by atoms with Gasteiger partial charge in [0, 0.05) is 57.4 Å². The number of unbranched alkanes of at least 4 members (excludes halogenated alkanes) is 21. The Morgan fingerprint density at radius 1 is 0.544 bits per heavy atom. The van der Waals surface area contributed by atoms with Gasteiger partial charge in [-0.2, -0.15) is 0 Å². The number of hydrogen-bond acceptors (Lipinski definition) is 8. The zero-order chi connectivity index (χ0) is 49.4. The summed E-state index contributed by atoms with van der Waals surface area (Å²) < 4.78 is 11.6. The van der Waals surface area contributed by atoms with Gasteiger partial charge in [0.05, 0.1) is 19.8 Å². The highest BCUT2D eigenvalue weighted by atomic mass is 16.5. The van der Waals surface area contributed by atoms with Crippen LogP contribution in [0.25, 0.3) is 0 Å². The van der Waals surface area contributed by atoms with Crippen LogP contribution in [-0.2, 0) is 23.9 Å². The molecule has 0 saturated heterocycles. The van der Waals surface area contributed by atoms with Crippen molar-refractivity contribution in [1.29, 1.82) is 0 Å². The van der Waals surface area contributed by atoms with Crippen LogP contribution in [0, 0.1) is 11.8 Å². The standard InChI is InChI=1S/C59H111N3O6/c1-5-9-13-17-20-23-32-43-58(65)67-52-55(53-68-59(66)44-33-24-21-18-14-10-6-2)39-34-36-46-62(56-40-29-25-30-41-56)48-47-61(49-50-63)45-35-26-31-42-57(64)60-51-54(37-27-16-12-8-4)38-28-22-19-15-11-7-3/h5-6,54-56,63H,1-2,7-53H2,3-4H3,(H,60,64). The lowest BCUT2D eigenvalue weighted by Gasteiger charge is -2.36. The first-order chi connectivity index (χ1) is 33.4. The molecule has 9 nitrogen and oxygen atoms in total. The van der Waals surface area contributed by atoms with E-state index in [9.17, 15) is 19.5 Å². The molecule has 1 aliphatic carbocycles. The van der Waals surface area contributed by atoms with E-state index in [1.54, 1.807) is 0 Å². The van der Waals surface area contributed by atoms with Gasteiger partial charge in [0.15, 0.2) is 0 Å². The third-order valence-electron chi connectivity index (χ3n) is 14.5. The minimum Gasteiger partial charge on any atom is -0.465 e. The van der Waals surface area contributed by atoms with Gasteiger partial charge < -0.3 is 19.9 Å². The zero-order valence-electron chi connectivity index (χ0n) is 44.9. The number of allylic oxidation sites excluding steroid dienone is 2. The summed E-state index contributed by atoms with van der Waals surface area (Å²) in [5.41, 5.74) is 0. The number of carbonyl (C=O) groups excluding carboxylic acids is 3. The number of hydrogen-bond donors (Lipinski definition) is 2. The Balaban J connectivity index is 2.63. The van der Waals surface area contributed by atoms with Crippen LogP contribution in [0.15, 0.2) is 25.3 Å². The number of amides is 1. The van der Waals surface area contributed by atoms with Crippen molar-refractivity contribution in [1.82, 2.24) is 15.1 Å². The molecule has 0 spiro atoms. The van der Waals surface area contributed by atoms with E-state index in [-0.39, 0.29) is 30.4 Å². The van der Waals surface area contributed by atoms with Gasteiger partial charge >= 0.3 is 11.9 Å². The van der Waals surface area contributed by atoms with Crippen molar-refractivity contribution in [2.45, 2.75) is 264 Å². The summed E-state index contributed by atoms with van der Waals surface area (Å²) in [6.45, 7) is 18.3. The second-order valence-corrected chi connectivity index (χ2v) is 20.7. The van der Waals surface area contributed by atoms with Gasteiger partial charge in [-0.05, 0) is 109 Å². The van der Waals surface area contributed by atoms with Crippen molar-refractivity contribution < 1.29 is 29.0 Å². The maximum absolute atomic E-state index is 12.9. The van der Waals surface area contributed by atoms with E-state index in [0.29, 0.717) is 51.0 Å². The number of ether oxygens (including phenoxy) is 2. The van der Waals surface area contributed by atoms with Gasteiger partial charge in [-0.1, -0.05) is 161 Å². The topological polar surface area (TPSA) is 108 Å².